The first kappa shape index (κ1) is 19.6. The predicted molar refractivity (Wildman–Crippen MR) is 87.0 cm³/mol. The molecule has 1 N–H and O–H groups in total. The molecule has 0 saturated carbocycles. The minimum Gasteiger partial charge on any atom is -0.444 e. The summed E-state index contributed by atoms with van der Waals surface area (Å²) in [7, 11) is 0. The van der Waals surface area contributed by atoms with Crippen molar-refractivity contribution in [1.82, 2.24) is 4.90 Å². The standard InChI is InChI=1S/C18H24F3NO3/c1-17(2,3)25-16(24)22-11-5-4-6-14(22)15(23)12-7-9-13(10-8-12)18(19,20)21/h7-10,14-15,23H,4-6,11H2,1-3H3/t14?,15-/m0/s1. The molecule has 1 saturated heterocycles. The monoisotopic (exact) mass is 359 g/mol. The lowest BCUT2D eigenvalue weighted by Gasteiger charge is -2.39. The van der Waals surface area contributed by atoms with Gasteiger partial charge in [-0.2, -0.15) is 13.2 Å². The predicted octanol–water partition coefficient (Wildman–Crippen LogP) is 4.53. The van der Waals surface area contributed by atoms with E-state index in [0.717, 1.165) is 25.0 Å². The Labute approximate surface area is 145 Å². The number of aliphatic hydroxyl groups is 1. The molecule has 0 radical (unpaired) electrons. The smallest absolute Gasteiger partial charge is 0.416 e. The topological polar surface area (TPSA) is 49.8 Å². The Bertz CT molecular complexity index is 593. The van der Waals surface area contributed by atoms with Crippen LogP contribution < -0.4 is 0 Å². The van der Waals surface area contributed by atoms with Crippen LogP contribution in [-0.4, -0.2) is 34.3 Å². The summed E-state index contributed by atoms with van der Waals surface area (Å²) >= 11 is 0. The van der Waals surface area contributed by atoms with Crippen molar-refractivity contribution in [2.75, 3.05) is 6.54 Å². The number of piperidine rings is 1. The zero-order valence-corrected chi connectivity index (χ0v) is 14.6. The second-order valence-corrected chi connectivity index (χ2v) is 7.30. The average molecular weight is 359 g/mol. The van der Waals surface area contributed by atoms with Gasteiger partial charge in [0.1, 0.15) is 5.60 Å². The number of nitrogens with zero attached hydrogens (tertiary/aromatic N) is 1. The number of hydrogen-bond acceptors (Lipinski definition) is 3. The van der Waals surface area contributed by atoms with Crippen molar-refractivity contribution in [2.24, 2.45) is 0 Å². The number of amides is 1. The zero-order valence-electron chi connectivity index (χ0n) is 14.6. The third kappa shape index (κ3) is 5.11. The van der Waals surface area contributed by atoms with E-state index in [0.29, 0.717) is 18.5 Å². The molecule has 1 unspecified atom stereocenters. The molecule has 0 bridgehead atoms. The maximum Gasteiger partial charge on any atom is 0.416 e. The Kier molecular flexibility index (Phi) is 5.66. The van der Waals surface area contributed by atoms with Crippen molar-refractivity contribution in [3.05, 3.63) is 35.4 Å². The highest BCUT2D eigenvalue weighted by atomic mass is 19.4. The summed E-state index contributed by atoms with van der Waals surface area (Å²) in [6, 6.07) is 3.89. The molecule has 1 aliphatic heterocycles. The number of benzene rings is 1. The van der Waals surface area contributed by atoms with E-state index < -0.39 is 35.6 Å². The first-order chi connectivity index (χ1) is 11.5. The van der Waals surface area contributed by atoms with Gasteiger partial charge in [-0.25, -0.2) is 4.79 Å². The number of alkyl halides is 3. The van der Waals surface area contributed by atoms with Gasteiger partial charge in [-0.3, -0.25) is 0 Å². The van der Waals surface area contributed by atoms with Crippen molar-refractivity contribution >= 4 is 6.09 Å². The van der Waals surface area contributed by atoms with Gasteiger partial charge in [-0.05, 0) is 57.7 Å². The highest BCUT2D eigenvalue weighted by molar-refractivity contribution is 5.68. The lowest BCUT2D eigenvalue weighted by Crippen LogP contribution is -2.48. The van der Waals surface area contributed by atoms with Crippen molar-refractivity contribution in [1.29, 1.82) is 0 Å². The number of hydrogen-bond donors (Lipinski definition) is 1. The van der Waals surface area contributed by atoms with Gasteiger partial charge in [-0.1, -0.05) is 12.1 Å². The first-order valence-corrected chi connectivity index (χ1v) is 8.34. The molecule has 2 rings (SSSR count). The lowest BCUT2D eigenvalue weighted by molar-refractivity contribution is -0.137. The fourth-order valence-electron chi connectivity index (χ4n) is 2.92. The number of ether oxygens (including phenoxy) is 1. The third-order valence-corrected chi connectivity index (χ3v) is 4.12. The molecule has 1 fully saturated rings. The minimum absolute atomic E-state index is 0.355. The molecule has 7 heteroatoms. The fraction of sp³-hybridized carbons (Fsp3) is 0.611. The quantitative estimate of drug-likeness (QED) is 0.844. The Balaban J connectivity index is 2.17. The van der Waals surface area contributed by atoms with E-state index in [2.05, 4.69) is 0 Å². The van der Waals surface area contributed by atoms with Crippen LogP contribution in [0.2, 0.25) is 0 Å². The zero-order chi connectivity index (χ0) is 18.8. The Hall–Kier alpha value is -1.76. The van der Waals surface area contributed by atoms with Gasteiger partial charge in [-0.15, -0.1) is 0 Å². The van der Waals surface area contributed by atoms with Crippen molar-refractivity contribution in [3.63, 3.8) is 0 Å². The van der Waals surface area contributed by atoms with Crippen LogP contribution in [0.15, 0.2) is 24.3 Å². The van der Waals surface area contributed by atoms with Gasteiger partial charge in [0.15, 0.2) is 0 Å². The number of aliphatic hydroxyl groups excluding tert-OH is 1. The summed E-state index contributed by atoms with van der Waals surface area (Å²) in [5.74, 6) is 0. The highest BCUT2D eigenvalue weighted by Crippen LogP contribution is 2.33. The normalized spacial score (nSPS) is 20.3. The molecule has 1 aliphatic rings. The van der Waals surface area contributed by atoms with Crippen LogP contribution in [0.1, 0.15) is 57.3 Å². The van der Waals surface area contributed by atoms with Gasteiger partial charge >= 0.3 is 12.3 Å². The van der Waals surface area contributed by atoms with Gasteiger partial charge < -0.3 is 14.7 Å². The van der Waals surface area contributed by atoms with Gasteiger partial charge in [0.25, 0.3) is 0 Å². The molecule has 0 aliphatic carbocycles. The van der Waals surface area contributed by atoms with Crippen LogP contribution in [0.25, 0.3) is 0 Å². The van der Waals surface area contributed by atoms with Crippen molar-refractivity contribution in [3.8, 4) is 0 Å². The molecule has 1 amide bonds. The van der Waals surface area contributed by atoms with E-state index in [1.807, 2.05) is 0 Å². The van der Waals surface area contributed by atoms with E-state index in [1.54, 1.807) is 20.8 Å². The second-order valence-electron chi connectivity index (χ2n) is 7.30. The van der Waals surface area contributed by atoms with Crippen LogP contribution in [-0.2, 0) is 10.9 Å². The van der Waals surface area contributed by atoms with Crippen LogP contribution in [0.5, 0.6) is 0 Å². The van der Waals surface area contributed by atoms with E-state index in [1.165, 1.54) is 17.0 Å². The summed E-state index contributed by atoms with van der Waals surface area (Å²) < 4.78 is 43.4. The number of carbonyl (C=O) groups excluding carboxylic acids is 1. The molecule has 1 aromatic rings. The molecule has 140 valence electrons. The molecule has 2 atom stereocenters. The average Bonchev–Trinajstić information content (AvgIpc) is 2.52. The molecular weight excluding hydrogens is 335 g/mol. The molecule has 1 aromatic carbocycles. The van der Waals surface area contributed by atoms with Crippen LogP contribution in [0.3, 0.4) is 0 Å². The maximum absolute atomic E-state index is 12.7. The molecule has 0 spiro atoms. The number of likely N-dealkylation sites (tertiary alicyclic amines) is 1. The summed E-state index contributed by atoms with van der Waals surface area (Å²) in [5, 5.41) is 10.6. The van der Waals surface area contributed by atoms with Crippen LogP contribution in [0.4, 0.5) is 18.0 Å². The van der Waals surface area contributed by atoms with Gasteiger partial charge in [0.05, 0.1) is 17.7 Å². The van der Waals surface area contributed by atoms with Crippen molar-refractivity contribution < 1.29 is 27.8 Å². The van der Waals surface area contributed by atoms with Crippen LogP contribution in [0, 0.1) is 0 Å². The maximum atomic E-state index is 12.7. The molecule has 1 heterocycles. The summed E-state index contributed by atoms with van der Waals surface area (Å²) in [4.78, 5) is 13.9. The van der Waals surface area contributed by atoms with E-state index in [4.69, 9.17) is 4.74 Å². The summed E-state index contributed by atoms with van der Waals surface area (Å²) in [5.41, 5.74) is -1.07. The van der Waals surface area contributed by atoms with Crippen molar-refractivity contribution in [2.45, 2.75) is 64.0 Å². The van der Waals surface area contributed by atoms with Crippen LogP contribution >= 0.6 is 0 Å². The largest absolute Gasteiger partial charge is 0.444 e. The van der Waals surface area contributed by atoms with Gasteiger partial charge in [0, 0.05) is 6.54 Å². The Morgan fingerprint density at radius 2 is 1.80 bits per heavy atom. The molecule has 25 heavy (non-hydrogen) atoms. The van der Waals surface area contributed by atoms with E-state index >= 15 is 0 Å². The highest BCUT2D eigenvalue weighted by Gasteiger charge is 2.36. The summed E-state index contributed by atoms with van der Waals surface area (Å²) in [6.07, 6.45) is -3.78. The van der Waals surface area contributed by atoms with E-state index in [9.17, 15) is 23.1 Å². The van der Waals surface area contributed by atoms with E-state index in [-0.39, 0.29) is 0 Å². The Morgan fingerprint density at radius 1 is 1.20 bits per heavy atom. The summed E-state index contributed by atoms with van der Waals surface area (Å²) in [6.45, 7) is 5.74. The first-order valence-electron chi connectivity index (χ1n) is 8.34. The second kappa shape index (κ2) is 7.23. The number of rotatable bonds is 2. The molecular formula is C18H24F3NO3. The number of carbonyl (C=O) groups is 1. The minimum atomic E-state index is -4.42. The third-order valence-electron chi connectivity index (χ3n) is 4.12. The SMILES string of the molecule is CC(C)(C)OC(=O)N1CCCCC1[C@@H](O)c1ccc(C(F)(F)F)cc1. The molecule has 0 aromatic heterocycles. The number of halogens is 3. The fourth-order valence-corrected chi connectivity index (χ4v) is 2.92. The lowest BCUT2D eigenvalue weighted by atomic mass is 9.93. The van der Waals surface area contributed by atoms with Gasteiger partial charge in [0.2, 0.25) is 0 Å². The molecule has 4 nitrogen and oxygen atoms in total. The Morgan fingerprint density at radius 3 is 2.32 bits per heavy atom.